The average Bonchev–Trinajstić information content (AvgIpc) is 2.64. The lowest BCUT2D eigenvalue weighted by atomic mass is 10.0. The van der Waals surface area contributed by atoms with Gasteiger partial charge in [0.2, 0.25) is 0 Å². The Morgan fingerprint density at radius 2 is 1.85 bits per heavy atom. The molecule has 0 radical (unpaired) electrons. The van der Waals surface area contributed by atoms with E-state index in [2.05, 4.69) is 11.9 Å². The summed E-state index contributed by atoms with van der Waals surface area (Å²) in [5, 5.41) is 2.99. The number of amides is 1. The lowest BCUT2D eigenvalue weighted by molar-refractivity contribution is 0.0935. The number of carbonyl (C=O) groups excluding carboxylic acids is 1. The van der Waals surface area contributed by atoms with Crippen molar-refractivity contribution < 1.29 is 17.9 Å². The minimum atomic E-state index is -3.24. The molecular weight excluding hydrogens is 362 g/mol. The molecule has 0 saturated carbocycles. The Morgan fingerprint density at radius 3 is 2.41 bits per heavy atom. The predicted molar refractivity (Wildman–Crippen MR) is 107 cm³/mol. The van der Waals surface area contributed by atoms with E-state index in [0.29, 0.717) is 24.3 Å². The number of benzene rings is 2. The van der Waals surface area contributed by atoms with Gasteiger partial charge in [-0.15, -0.1) is 0 Å². The van der Waals surface area contributed by atoms with Gasteiger partial charge in [0.15, 0.2) is 9.84 Å². The molecular formula is C21H25NO4S. The molecule has 2 aromatic rings. The molecule has 0 spiro atoms. The highest BCUT2D eigenvalue weighted by Gasteiger charge is 2.16. The van der Waals surface area contributed by atoms with Gasteiger partial charge in [0.25, 0.3) is 5.91 Å². The Morgan fingerprint density at radius 1 is 1.19 bits per heavy atom. The number of ether oxygens (including phenoxy) is 1. The van der Waals surface area contributed by atoms with Gasteiger partial charge in [-0.2, -0.15) is 0 Å². The number of rotatable bonds is 8. The van der Waals surface area contributed by atoms with E-state index in [9.17, 15) is 13.2 Å². The average molecular weight is 388 g/mol. The highest BCUT2D eigenvalue weighted by Crippen LogP contribution is 2.21. The van der Waals surface area contributed by atoms with Gasteiger partial charge in [-0.25, -0.2) is 8.42 Å². The fourth-order valence-corrected chi connectivity index (χ4v) is 3.17. The molecule has 0 saturated heterocycles. The van der Waals surface area contributed by atoms with Crippen LogP contribution in [0.4, 0.5) is 0 Å². The van der Waals surface area contributed by atoms with Gasteiger partial charge in [-0.1, -0.05) is 31.7 Å². The number of hydrogen-bond acceptors (Lipinski definition) is 4. The van der Waals surface area contributed by atoms with Crippen LogP contribution in [0.15, 0.2) is 65.6 Å². The van der Waals surface area contributed by atoms with E-state index in [1.807, 2.05) is 13.8 Å². The second kappa shape index (κ2) is 8.86. The van der Waals surface area contributed by atoms with E-state index in [-0.39, 0.29) is 16.8 Å². The third kappa shape index (κ3) is 5.96. The first-order chi connectivity index (χ1) is 12.7. The minimum Gasteiger partial charge on any atom is -0.489 e. The molecule has 6 heteroatoms. The fraction of sp³-hybridized carbons (Fsp3) is 0.286. The van der Waals surface area contributed by atoms with Gasteiger partial charge < -0.3 is 10.1 Å². The van der Waals surface area contributed by atoms with Gasteiger partial charge in [0.1, 0.15) is 12.4 Å². The predicted octanol–water partition coefficient (Wildman–Crippen LogP) is 3.93. The summed E-state index contributed by atoms with van der Waals surface area (Å²) in [6.45, 7) is 8.02. The summed E-state index contributed by atoms with van der Waals surface area (Å²) in [4.78, 5) is 12.9. The molecule has 0 bridgehead atoms. The Bertz CT molecular complexity index is 917. The van der Waals surface area contributed by atoms with Crippen LogP contribution in [0.2, 0.25) is 0 Å². The summed E-state index contributed by atoms with van der Waals surface area (Å²) in [7, 11) is -3.24. The summed E-state index contributed by atoms with van der Waals surface area (Å²) in [5.74, 6) is 0.394. The van der Waals surface area contributed by atoms with E-state index in [4.69, 9.17) is 4.74 Å². The van der Waals surface area contributed by atoms with Crippen molar-refractivity contribution in [1.82, 2.24) is 5.32 Å². The molecule has 0 heterocycles. The molecule has 0 aromatic heterocycles. The third-order valence-corrected chi connectivity index (χ3v) is 5.13. The Labute approximate surface area is 161 Å². The maximum absolute atomic E-state index is 12.6. The maximum Gasteiger partial charge on any atom is 0.251 e. The van der Waals surface area contributed by atoms with Crippen molar-refractivity contribution in [3.63, 3.8) is 0 Å². The molecule has 5 nitrogen and oxygen atoms in total. The highest BCUT2D eigenvalue weighted by atomic mass is 32.2. The van der Waals surface area contributed by atoms with Gasteiger partial charge in [0.05, 0.1) is 10.9 Å². The number of nitrogens with one attached hydrogen (secondary N) is 1. The Kier molecular flexibility index (Phi) is 6.80. The number of carbonyl (C=O) groups is 1. The van der Waals surface area contributed by atoms with E-state index >= 15 is 0 Å². The first kappa shape index (κ1) is 20.7. The first-order valence-corrected chi connectivity index (χ1v) is 10.6. The van der Waals surface area contributed by atoms with Crippen LogP contribution in [0.5, 0.6) is 5.75 Å². The van der Waals surface area contributed by atoms with Crippen LogP contribution >= 0.6 is 0 Å². The van der Waals surface area contributed by atoms with Crippen molar-refractivity contribution in [2.45, 2.75) is 31.2 Å². The van der Waals surface area contributed by atoms with E-state index in [0.717, 1.165) is 11.1 Å². The van der Waals surface area contributed by atoms with Crippen molar-refractivity contribution in [2.75, 3.05) is 12.9 Å². The zero-order chi connectivity index (χ0) is 20.0. The molecule has 0 unspecified atom stereocenters. The molecule has 2 aromatic carbocycles. The highest BCUT2D eigenvalue weighted by molar-refractivity contribution is 7.90. The standard InChI is InChI=1S/C21H25NO4S/c1-5-20(16-9-11-19(12-10-16)27(4,24)25)22-21(23)17-7-6-8-18(13-17)26-14-15(2)3/h6-13,20H,2,5,14H2,1,3-4H3,(H,22,23)/t20-/m0/s1. The van der Waals surface area contributed by atoms with Crippen molar-refractivity contribution in [3.05, 3.63) is 71.8 Å². The van der Waals surface area contributed by atoms with Crippen LogP contribution in [0, 0.1) is 0 Å². The second-order valence-electron chi connectivity index (χ2n) is 6.55. The van der Waals surface area contributed by atoms with E-state index in [1.54, 1.807) is 48.5 Å². The van der Waals surface area contributed by atoms with Gasteiger partial charge >= 0.3 is 0 Å². The van der Waals surface area contributed by atoms with Crippen molar-refractivity contribution >= 4 is 15.7 Å². The Hall–Kier alpha value is -2.60. The van der Waals surface area contributed by atoms with Crippen LogP contribution in [-0.4, -0.2) is 27.2 Å². The van der Waals surface area contributed by atoms with Gasteiger partial charge in [-0.3, -0.25) is 4.79 Å². The maximum atomic E-state index is 12.6. The summed E-state index contributed by atoms with van der Waals surface area (Å²) in [6.07, 6.45) is 1.85. The second-order valence-corrected chi connectivity index (χ2v) is 8.56. The third-order valence-electron chi connectivity index (χ3n) is 4.01. The molecule has 144 valence electrons. The lowest BCUT2D eigenvalue weighted by Crippen LogP contribution is -2.28. The molecule has 27 heavy (non-hydrogen) atoms. The molecule has 2 rings (SSSR count). The van der Waals surface area contributed by atoms with Crippen molar-refractivity contribution in [2.24, 2.45) is 0 Å². The zero-order valence-corrected chi connectivity index (χ0v) is 16.7. The summed E-state index contributed by atoms with van der Waals surface area (Å²) >= 11 is 0. The molecule has 0 aliphatic heterocycles. The largest absolute Gasteiger partial charge is 0.489 e. The van der Waals surface area contributed by atoms with E-state index < -0.39 is 9.84 Å². The molecule has 0 aliphatic rings. The van der Waals surface area contributed by atoms with Crippen molar-refractivity contribution in [1.29, 1.82) is 0 Å². The van der Waals surface area contributed by atoms with Crippen LogP contribution in [0.3, 0.4) is 0 Å². The van der Waals surface area contributed by atoms with Crippen LogP contribution in [-0.2, 0) is 9.84 Å². The lowest BCUT2D eigenvalue weighted by Gasteiger charge is -2.18. The van der Waals surface area contributed by atoms with E-state index in [1.165, 1.54) is 6.26 Å². The fourth-order valence-electron chi connectivity index (χ4n) is 2.54. The SMILES string of the molecule is C=C(C)COc1cccc(C(=O)N[C@@H](CC)c2ccc(S(C)(=O)=O)cc2)c1. The number of sulfone groups is 1. The quantitative estimate of drug-likeness (QED) is 0.697. The molecule has 1 atom stereocenters. The summed E-state index contributed by atoms with van der Waals surface area (Å²) in [6, 6.07) is 13.4. The molecule has 0 fully saturated rings. The topological polar surface area (TPSA) is 72.5 Å². The van der Waals surface area contributed by atoms with Crippen LogP contribution in [0.25, 0.3) is 0 Å². The smallest absolute Gasteiger partial charge is 0.251 e. The van der Waals surface area contributed by atoms with Crippen molar-refractivity contribution in [3.8, 4) is 5.75 Å². The summed E-state index contributed by atoms with van der Waals surface area (Å²) in [5.41, 5.74) is 2.25. The monoisotopic (exact) mass is 387 g/mol. The zero-order valence-electron chi connectivity index (χ0n) is 15.9. The molecule has 0 aliphatic carbocycles. The van der Waals surface area contributed by atoms with Gasteiger partial charge in [-0.05, 0) is 54.8 Å². The molecule has 1 amide bonds. The number of hydrogen-bond donors (Lipinski definition) is 1. The van der Waals surface area contributed by atoms with Gasteiger partial charge in [0, 0.05) is 11.8 Å². The van der Waals surface area contributed by atoms with Crippen LogP contribution in [0.1, 0.15) is 42.2 Å². The normalized spacial score (nSPS) is 12.3. The molecule has 1 N–H and O–H groups in total. The van der Waals surface area contributed by atoms with Crippen LogP contribution < -0.4 is 10.1 Å². The first-order valence-electron chi connectivity index (χ1n) is 8.69. The summed E-state index contributed by atoms with van der Waals surface area (Å²) < 4.78 is 28.8. The Balaban J connectivity index is 2.13. The minimum absolute atomic E-state index is 0.213.